The molecule has 0 saturated carbocycles. The van der Waals surface area contributed by atoms with Gasteiger partial charge in [0.1, 0.15) is 5.70 Å². The molecule has 5 heteroatoms. The smallest absolute Gasteiger partial charge is 0.354 e. The van der Waals surface area contributed by atoms with Crippen LogP contribution in [0.25, 0.3) is 0 Å². The quantitative estimate of drug-likeness (QED) is 0.533. The maximum atomic E-state index is 12.0. The van der Waals surface area contributed by atoms with Crippen molar-refractivity contribution in [3.05, 3.63) is 11.8 Å². The van der Waals surface area contributed by atoms with E-state index in [9.17, 15) is 9.59 Å². The normalized spacial score (nSPS) is 32.7. The third kappa shape index (κ3) is 1.57. The van der Waals surface area contributed by atoms with Crippen LogP contribution in [0.2, 0.25) is 0 Å². The Morgan fingerprint density at radius 1 is 1.47 bits per heavy atom. The fourth-order valence-electron chi connectivity index (χ4n) is 2.70. The molecule has 2 aliphatic rings. The van der Waals surface area contributed by atoms with Gasteiger partial charge >= 0.3 is 5.97 Å². The molecule has 0 aliphatic carbocycles. The number of β-lactam (4-membered cyclic amide) rings is 1. The molecule has 5 nitrogen and oxygen atoms in total. The number of hydrogen-bond acceptors (Lipinski definition) is 4. The van der Waals surface area contributed by atoms with Gasteiger partial charge < -0.3 is 14.4 Å². The highest BCUT2D eigenvalue weighted by Gasteiger charge is 2.57. The summed E-state index contributed by atoms with van der Waals surface area (Å²) >= 11 is 0. The Bertz CT molecular complexity index is 390. The van der Waals surface area contributed by atoms with Crippen LogP contribution in [-0.4, -0.2) is 43.1 Å². The lowest BCUT2D eigenvalue weighted by atomic mass is 9.79. The molecule has 0 N–H and O–H groups in total. The molecule has 4 atom stereocenters. The lowest BCUT2D eigenvalue weighted by molar-refractivity contribution is -0.165. The average molecular weight is 239 g/mol. The van der Waals surface area contributed by atoms with Crippen molar-refractivity contribution in [2.45, 2.75) is 26.0 Å². The van der Waals surface area contributed by atoms with Crippen LogP contribution in [0.1, 0.15) is 13.8 Å². The summed E-state index contributed by atoms with van der Waals surface area (Å²) in [6, 6.07) is 0.0338. The van der Waals surface area contributed by atoms with E-state index < -0.39 is 5.97 Å². The second-order valence-corrected chi connectivity index (χ2v) is 4.57. The Labute approximate surface area is 100 Å². The summed E-state index contributed by atoms with van der Waals surface area (Å²) in [5.41, 5.74) is 0.370. The molecule has 94 valence electrons. The summed E-state index contributed by atoms with van der Waals surface area (Å²) in [6.07, 6.45) is 1.67. The number of carbonyl (C=O) groups excluding carboxylic acids is 2. The van der Waals surface area contributed by atoms with Gasteiger partial charge in [0.15, 0.2) is 0 Å². The summed E-state index contributed by atoms with van der Waals surface area (Å²) < 4.78 is 9.89. The molecular weight excluding hydrogens is 222 g/mol. The van der Waals surface area contributed by atoms with Crippen molar-refractivity contribution in [1.82, 2.24) is 4.90 Å². The van der Waals surface area contributed by atoms with Gasteiger partial charge in [-0.15, -0.1) is 0 Å². The maximum absolute atomic E-state index is 12.0. The Morgan fingerprint density at radius 2 is 2.12 bits per heavy atom. The lowest BCUT2D eigenvalue weighted by Crippen LogP contribution is -2.63. The number of esters is 1. The van der Waals surface area contributed by atoms with E-state index in [2.05, 4.69) is 4.74 Å². The zero-order valence-electron chi connectivity index (χ0n) is 10.5. The molecule has 1 saturated heterocycles. The molecule has 0 radical (unpaired) electrons. The van der Waals surface area contributed by atoms with Crippen molar-refractivity contribution in [3.8, 4) is 0 Å². The van der Waals surface area contributed by atoms with E-state index in [-0.39, 0.29) is 29.9 Å². The minimum atomic E-state index is -0.448. The largest absolute Gasteiger partial charge is 0.464 e. The van der Waals surface area contributed by atoms with Crippen molar-refractivity contribution in [3.63, 3.8) is 0 Å². The van der Waals surface area contributed by atoms with Crippen LogP contribution in [0.15, 0.2) is 11.8 Å². The van der Waals surface area contributed by atoms with Crippen molar-refractivity contribution >= 4 is 11.9 Å². The lowest BCUT2D eigenvalue weighted by Gasteiger charge is -2.47. The Morgan fingerprint density at radius 3 is 2.65 bits per heavy atom. The first-order chi connectivity index (χ1) is 8.02. The number of rotatable bonds is 3. The van der Waals surface area contributed by atoms with Crippen molar-refractivity contribution in [1.29, 1.82) is 0 Å². The van der Waals surface area contributed by atoms with E-state index in [1.165, 1.54) is 12.0 Å². The molecule has 0 aromatic rings. The second kappa shape index (κ2) is 4.14. The standard InChI is InChI=1S/C12H17NO4/c1-6-5-8(12(15)17-4)13-10(6)9(11(13)14)7(2)16-3/h5-7,9-10H,1-4H3/t6-,7?,9?,10?/m0/s1. The van der Waals surface area contributed by atoms with Crippen molar-refractivity contribution < 1.29 is 19.1 Å². The van der Waals surface area contributed by atoms with Gasteiger partial charge in [0, 0.05) is 7.11 Å². The first kappa shape index (κ1) is 12.1. The van der Waals surface area contributed by atoms with Gasteiger partial charge in [0.25, 0.3) is 0 Å². The summed E-state index contributed by atoms with van der Waals surface area (Å²) in [5, 5.41) is 0. The van der Waals surface area contributed by atoms with E-state index in [1.54, 1.807) is 13.2 Å². The van der Waals surface area contributed by atoms with Crippen LogP contribution in [0.3, 0.4) is 0 Å². The number of amides is 1. The van der Waals surface area contributed by atoms with Gasteiger partial charge in [-0.3, -0.25) is 4.79 Å². The predicted molar refractivity (Wildman–Crippen MR) is 59.9 cm³/mol. The third-order valence-corrected chi connectivity index (χ3v) is 3.68. The predicted octanol–water partition coefficient (Wildman–Crippen LogP) is 0.555. The zero-order valence-corrected chi connectivity index (χ0v) is 10.5. The number of hydrogen-bond donors (Lipinski definition) is 0. The minimum Gasteiger partial charge on any atom is -0.464 e. The molecule has 0 aromatic carbocycles. The average Bonchev–Trinajstić information content (AvgIpc) is 2.61. The molecule has 0 aromatic heterocycles. The minimum absolute atomic E-state index is 0.0338. The van der Waals surface area contributed by atoms with E-state index in [1.807, 2.05) is 13.8 Å². The molecule has 2 aliphatic heterocycles. The third-order valence-electron chi connectivity index (χ3n) is 3.68. The van der Waals surface area contributed by atoms with Gasteiger partial charge in [-0.25, -0.2) is 4.79 Å². The van der Waals surface area contributed by atoms with Crippen LogP contribution in [0.4, 0.5) is 0 Å². The summed E-state index contributed by atoms with van der Waals surface area (Å²) in [6.45, 7) is 3.87. The summed E-state index contributed by atoms with van der Waals surface area (Å²) in [4.78, 5) is 25.1. The van der Waals surface area contributed by atoms with Gasteiger partial charge in [-0.1, -0.05) is 6.92 Å². The topological polar surface area (TPSA) is 55.8 Å². The maximum Gasteiger partial charge on any atom is 0.354 e. The van der Waals surface area contributed by atoms with E-state index in [0.717, 1.165) is 0 Å². The molecule has 2 heterocycles. The molecule has 0 bridgehead atoms. The van der Waals surface area contributed by atoms with Gasteiger partial charge in [-0.05, 0) is 18.9 Å². The second-order valence-electron chi connectivity index (χ2n) is 4.57. The highest BCUT2D eigenvalue weighted by molar-refractivity contribution is 5.99. The van der Waals surface area contributed by atoms with Gasteiger partial charge in [-0.2, -0.15) is 0 Å². The van der Waals surface area contributed by atoms with E-state index >= 15 is 0 Å². The monoisotopic (exact) mass is 239 g/mol. The molecule has 1 amide bonds. The zero-order chi connectivity index (χ0) is 12.7. The number of ether oxygens (including phenoxy) is 2. The number of carbonyl (C=O) groups is 2. The van der Waals surface area contributed by atoms with E-state index in [0.29, 0.717) is 5.70 Å². The number of fused-ring (bicyclic) bond motifs is 1. The first-order valence-electron chi connectivity index (χ1n) is 5.69. The van der Waals surface area contributed by atoms with Gasteiger partial charge in [0.2, 0.25) is 5.91 Å². The highest BCUT2D eigenvalue weighted by Crippen LogP contribution is 2.43. The Kier molecular flexibility index (Phi) is 2.95. The van der Waals surface area contributed by atoms with Crippen LogP contribution < -0.4 is 0 Å². The van der Waals surface area contributed by atoms with Crippen molar-refractivity contribution in [2.75, 3.05) is 14.2 Å². The molecule has 2 rings (SSSR count). The van der Waals surface area contributed by atoms with Crippen LogP contribution in [0.5, 0.6) is 0 Å². The molecular formula is C12H17NO4. The first-order valence-corrected chi connectivity index (χ1v) is 5.69. The molecule has 17 heavy (non-hydrogen) atoms. The van der Waals surface area contributed by atoms with Crippen LogP contribution in [0, 0.1) is 11.8 Å². The summed E-state index contributed by atoms with van der Waals surface area (Å²) in [5.74, 6) is -0.501. The molecule has 1 fully saturated rings. The SMILES string of the molecule is COC(=O)C1=C[C@H](C)C2C(C(C)OC)C(=O)N12. The molecule has 3 unspecified atom stereocenters. The molecule has 0 spiro atoms. The summed E-state index contributed by atoms with van der Waals surface area (Å²) in [7, 11) is 2.91. The van der Waals surface area contributed by atoms with Crippen LogP contribution in [-0.2, 0) is 19.1 Å². The Hall–Kier alpha value is -1.36. The fourth-order valence-corrected chi connectivity index (χ4v) is 2.70. The number of nitrogens with zero attached hydrogens (tertiary/aromatic N) is 1. The Balaban J connectivity index is 2.20. The van der Waals surface area contributed by atoms with E-state index in [4.69, 9.17) is 4.74 Å². The fraction of sp³-hybridized carbons (Fsp3) is 0.667. The van der Waals surface area contributed by atoms with Gasteiger partial charge in [0.05, 0.1) is 25.2 Å². The van der Waals surface area contributed by atoms with Crippen LogP contribution >= 0.6 is 0 Å². The highest BCUT2D eigenvalue weighted by atomic mass is 16.5. The van der Waals surface area contributed by atoms with Crippen molar-refractivity contribution in [2.24, 2.45) is 11.8 Å². The number of methoxy groups -OCH3 is 2.